The zero-order valence-electron chi connectivity index (χ0n) is 10.2. The van der Waals surface area contributed by atoms with Crippen molar-refractivity contribution in [1.29, 1.82) is 0 Å². The summed E-state index contributed by atoms with van der Waals surface area (Å²) in [4.78, 5) is 0. The lowest BCUT2D eigenvalue weighted by Crippen LogP contribution is -2.39. The second-order valence-corrected chi connectivity index (χ2v) is 5.72. The molecule has 0 aromatic rings. The molecule has 1 rings (SSSR count). The third-order valence-electron chi connectivity index (χ3n) is 3.81. The van der Waals surface area contributed by atoms with E-state index in [-0.39, 0.29) is 0 Å². The molecule has 1 aliphatic carbocycles. The van der Waals surface area contributed by atoms with Crippen molar-refractivity contribution in [1.82, 2.24) is 0 Å². The highest BCUT2D eigenvalue weighted by Crippen LogP contribution is 2.40. The Kier molecular flexibility index (Phi) is 4.00. The van der Waals surface area contributed by atoms with Crippen molar-refractivity contribution < 1.29 is 5.11 Å². The van der Waals surface area contributed by atoms with Crippen molar-refractivity contribution in [3.05, 3.63) is 0 Å². The fourth-order valence-electron chi connectivity index (χ4n) is 3.17. The molecule has 0 aliphatic heterocycles. The van der Waals surface area contributed by atoms with Crippen LogP contribution in [0.4, 0.5) is 0 Å². The minimum Gasteiger partial charge on any atom is -0.390 e. The predicted octanol–water partition coefficient (Wildman–Crippen LogP) is 3.61. The van der Waals surface area contributed by atoms with E-state index in [1.54, 1.807) is 0 Å². The zero-order chi connectivity index (χ0) is 10.8. The van der Waals surface area contributed by atoms with Crippen LogP contribution >= 0.6 is 0 Å². The minimum atomic E-state index is -0.419. The van der Waals surface area contributed by atoms with E-state index in [0.29, 0.717) is 5.92 Å². The van der Waals surface area contributed by atoms with Crippen LogP contribution in [0.2, 0.25) is 0 Å². The molecule has 0 heterocycles. The van der Waals surface area contributed by atoms with Crippen LogP contribution in [-0.4, -0.2) is 10.7 Å². The highest BCUT2D eigenvalue weighted by Gasteiger charge is 2.35. The highest BCUT2D eigenvalue weighted by molar-refractivity contribution is 4.87. The first-order valence-corrected chi connectivity index (χ1v) is 6.18. The van der Waals surface area contributed by atoms with Gasteiger partial charge in [0.2, 0.25) is 0 Å². The molecule has 3 atom stereocenters. The van der Waals surface area contributed by atoms with Crippen molar-refractivity contribution in [2.45, 2.75) is 65.4 Å². The summed E-state index contributed by atoms with van der Waals surface area (Å²) < 4.78 is 0. The maximum absolute atomic E-state index is 10.4. The SMILES string of the molecule is CCCC(C)(O)C1CC(C)CC(C)C1. The van der Waals surface area contributed by atoms with Gasteiger partial charge in [-0.2, -0.15) is 0 Å². The molecular weight excluding hydrogens is 172 g/mol. The molecule has 0 aromatic heterocycles. The predicted molar refractivity (Wildman–Crippen MR) is 61.2 cm³/mol. The Bertz CT molecular complexity index is 164. The second-order valence-electron chi connectivity index (χ2n) is 5.72. The molecule has 0 bridgehead atoms. The maximum Gasteiger partial charge on any atom is 0.0647 e. The Hall–Kier alpha value is -0.0400. The largest absolute Gasteiger partial charge is 0.390 e. The number of rotatable bonds is 3. The Balaban J connectivity index is 2.57. The highest BCUT2D eigenvalue weighted by atomic mass is 16.3. The summed E-state index contributed by atoms with van der Waals surface area (Å²) in [7, 11) is 0. The van der Waals surface area contributed by atoms with Crippen LogP contribution < -0.4 is 0 Å². The monoisotopic (exact) mass is 198 g/mol. The number of aliphatic hydroxyl groups is 1. The van der Waals surface area contributed by atoms with Gasteiger partial charge in [-0.05, 0) is 50.4 Å². The van der Waals surface area contributed by atoms with E-state index in [0.717, 1.165) is 24.7 Å². The molecule has 1 heteroatoms. The molecule has 0 amide bonds. The standard InChI is InChI=1S/C13H26O/c1-5-6-13(4,14)12-8-10(2)7-11(3)9-12/h10-12,14H,5-9H2,1-4H3. The molecular formula is C13H26O. The summed E-state index contributed by atoms with van der Waals surface area (Å²) in [5.74, 6) is 2.13. The average molecular weight is 198 g/mol. The van der Waals surface area contributed by atoms with Gasteiger partial charge in [0.1, 0.15) is 0 Å². The molecule has 1 saturated carbocycles. The van der Waals surface area contributed by atoms with Gasteiger partial charge < -0.3 is 5.11 Å². The molecule has 3 unspecified atom stereocenters. The van der Waals surface area contributed by atoms with E-state index >= 15 is 0 Å². The van der Waals surface area contributed by atoms with E-state index in [2.05, 4.69) is 20.8 Å². The third kappa shape index (κ3) is 2.98. The van der Waals surface area contributed by atoms with Gasteiger partial charge in [0.15, 0.2) is 0 Å². The van der Waals surface area contributed by atoms with Crippen LogP contribution in [0.15, 0.2) is 0 Å². The lowest BCUT2D eigenvalue weighted by atomic mass is 9.69. The van der Waals surface area contributed by atoms with E-state index < -0.39 is 5.60 Å². The van der Waals surface area contributed by atoms with Crippen LogP contribution in [0.3, 0.4) is 0 Å². The van der Waals surface area contributed by atoms with Crippen molar-refractivity contribution in [2.24, 2.45) is 17.8 Å². The third-order valence-corrected chi connectivity index (χ3v) is 3.81. The molecule has 0 aromatic carbocycles. The van der Waals surface area contributed by atoms with Gasteiger partial charge in [0.25, 0.3) is 0 Å². The van der Waals surface area contributed by atoms with E-state index in [4.69, 9.17) is 0 Å². The van der Waals surface area contributed by atoms with Crippen LogP contribution in [0.5, 0.6) is 0 Å². The van der Waals surface area contributed by atoms with Crippen molar-refractivity contribution in [3.63, 3.8) is 0 Å². The summed E-state index contributed by atoms with van der Waals surface area (Å²) >= 11 is 0. The van der Waals surface area contributed by atoms with Gasteiger partial charge in [0, 0.05) is 0 Å². The van der Waals surface area contributed by atoms with Crippen LogP contribution in [0, 0.1) is 17.8 Å². The van der Waals surface area contributed by atoms with Crippen LogP contribution in [-0.2, 0) is 0 Å². The first-order valence-electron chi connectivity index (χ1n) is 6.18. The summed E-state index contributed by atoms with van der Waals surface area (Å²) in [6.07, 6.45) is 5.83. The van der Waals surface area contributed by atoms with Gasteiger partial charge in [-0.3, -0.25) is 0 Å². The Morgan fingerprint density at radius 2 is 1.64 bits per heavy atom. The maximum atomic E-state index is 10.4. The van der Waals surface area contributed by atoms with Gasteiger partial charge in [0.05, 0.1) is 5.60 Å². The molecule has 0 spiro atoms. The quantitative estimate of drug-likeness (QED) is 0.734. The topological polar surface area (TPSA) is 20.2 Å². The minimum absolute atomic E-state index is 0.419. The lowest BCUT2D eigenvalue weighted by molar-refractivity contribution is -0.0402. The van der Waals surface area contributed by atoms with Crippen molar-refractivity contribution >= 4 is 0 Å². The molecule has 0 saturated heterocycles. The Morgan fingerprint density at radius 1 is 1.14 bits per heavy atom. The van der Waals surface area contributed by atoms with Crippen molar-refractivity contribution in [2.75, 3.05) is 0 Å². The molecule has 1 fully saturated rings. The van der Waals surface area contributed by atoms with Gasteiger partial charge in [-0.15, -0.1) is 0 Å². The fourth-order valence-corrected chi connectivity index (χ4v) is 3.17. The van der Waals surface area contributed by atoms with Crippen LogP contribution in [0.25, 0.3) is 0 Å². The molecule has 0 radical (unpaired) electrons. The fraction of sp³-hybridized carbons (Fsp3) is 1.00. The summed E-state index contributed by atoms with van der Waals surface area (Å²) in [5.41, 5.74) is -0.419. The van der Waals surface area contributed by atoms with E-state index in [1.807, 2.05) is 6.92 Å². The number of hydrogen-bond donors (Lipinski definition) is 1. The van der Waals surface area contributed by atoms with Gasteiger partial charge >= 0.3 is 0 Å². The molecule has 1 N–H and O–H groups in total. The number of hydrogen-bond acceptors (Lipinski definition) is 1. The van der Waals surface area contributed by atoms with E-state index in [9.17, 15) is 5.11 Å². The first kappa shape index (κ1) is 12.0. The summed E-state index contributed by atoms with van der Waals surface area (Å²) in [6.45, 7) is 8.84. The molecule has 1 aliphatic rings. The van der Waals surface area contributed by atoms with Gasteiger partial charge in [-0.25, -0.2) is 0 Å². The van der Waals surface area contributed by atoms with Crippen molar-refractivity contribution in [3.8, 4) is 0 Å². The van der Waals surface area contributed by atoms with Crippen LogP contribution in [0.1, 0.15) is 59.8 Å². The summed E-state index contributed by atoms with van der Waals surface area (Å²) in [5, 5.41) is 10.4. The van der Waals surface area contributed by atoms with Gasteiger partial charge in [-0.1, -0.05) is 27.2 Å². The average Bonchev–Trinajstić information content (AvgIpc) is 2.02. The summed E-state index contributed by atoms with van der Waals surface area (Å²) in [6, 6.07) is 0. The zero-order valence-corrected chi connectivity index (χ0v) is 10.2. The molecule has 1 nitrogen and oxygen atoms in total. The molecule has 14 heavy (non-hydrogen) atoms. The Morgan fingerprint density at radius 3 is 2.07 bits per heavy atom. The normalized spacial score (nSPS) is 37.9. The smallest absolute Gasteiger partial charge is 0.0647 e. The first-order chi connectivity index (χ1) is 6.45. The Labute approximate surface area is 88.9 Å². The second kappa shape index (κ2) is 4.65. The van der Waals surface area contributed by atoms with E-state index in [1.165, 1.54) is 19.3 Å². The molecule has 84 valence electrons. The lowest BCUT2D eigenvalue weighted by Gasteiger charge is -2.40.